The maximum absolute atomic E-state index is 12.7. The number of anilines is 1. The molecule has 3 rings (SSSR count). The van der Waals surface area contributed by atoms with Gasteiger partial charge in [0.25, 0.3) is 5.91 Å². The van der Waals surface area contributed by atoms with Crippen molar-refractivity contribution in [2.24, 2.45) is 5.73 Å². The Balaban J connectivity index is 0.00000300. The first kappa shape index (κ1) is 22.2. The molecule has 29 heavy (non-hydrogen) atoms. The average molecular weight is 418 g/mol. The number of hydrogen-bond donors (Lipinski definition) is 3. The number of imidazole rings is 1. The number of halogens is 1. The second kappa shape index (κ2) is 9.90. The van der Waals surface area contributed by atoms with Gasteiger partial charge in [-0.1, -0.05) is 24.3 Å². The predicted molar refractivity (Wildman–Crippen MR) is 116 cm³/mol. The zero-order chi connectivity index (χ0) is 20.1. The minimum atomic E-state index is -0.389. The number of amides is 2. The first-order chi connectivity index (χ1) is 13.6. The van der Waals surface area contributed by atoms with E-state index >= 15 is 0 Å². The van der Waals surface area contributed by atoms with Crippen LogP contribution in [0.4, 0.5) is 5.69 Å². The highest BCUT2D eigenvalue weighted by Gasteiger charge is 2.16. The molecule has 8 nitrogen and oxygen atoms in total. The second-order valence-corrected chi connectivity index (χ2v) is 6.24. The topological polar surface area (TPSA) is 111 Å². The summed E-state index contributed by atoms with van der Waals surface area (Å²) >= 11 is 0. The third-order valence-electron chi connectivity index (χ3n) is 4.42. The molecule has 2 amide bonds. The van der Waals surface area contributed by atoms with Crippen LogP contribution in [-0.4, -0.2) is 34.0 Å². The molecule has 0 unspecified atom stereocenters. The van der Waals surface area contributed by atoms with Gasteiger partial charge >= 0.3 is 5.69 Å². The number of nitrogens with two attached hydrogens (primary N) is 1. The zero-order valence-corrected chi connectivity index (χ0v) is 16.9. The largest absolute Gasteiger partial charge is 0.351 e. The number of aryl methyl sites for hydroxylation is 1. The van der Waals surface area contributed by atoms with Gasteiger partial charge in [0.1, 0.15) is 6.54 Å². The summed E-state index contributed by atoms with van der Waals surface area (Å²) in [4.78, 5) is 37.6. The number of carbonyl (C=O) groups is 2. The fourth-order valence-corrected chi connectivity index (χ4v) is 3.14. The van der Waals surface area contributed by atoms with Gasteiger partial charge in [0, 0.05) is 19.6 Å². The van der Waals surface area contributed by atoms with Crippen LogP contribution < -0.4 is 22.1 Å². The van der Waals surface area contributed by atoms with Gasteiger partial charge in [-0.3, -0.25) is 18.7 Å². The molecule has 0 radical (unpaired) electrons. The van der Waals surface area contributed by atoms with Gasteiger partial charge in [-0.05, 0) is 31.2 Å². The maximum Gasteiger partial charge on any atom is 0.329 e. The number of nitrogens with one attached hydrogen (secondary N) is 2. The first-order valence-corrected chi connectivity index (χ1v) is 9.12. The van der Waals surface area contributed by atoms with E-state index in [1.54, 1.807) is 28.8 Å². The minimum absolute atomic E-state index is 0. The molecular weight excluding hydrogens is 394 g/mol. The molecule has 0 saturated carbocycles. The van der Waals surface area contributed by atoms with Crippen molar-refractivity contribution in [2.75, 3.05) is 18.4 Å². The molecule has 2 aromatic carbocycles. The normalized spacial score (nSPS) is 10.4. The summed E-state index contributed by atoms with van der Waals surface area (Å²) in [5.74, 6) is -0.707. The van der Waals surface area contributed by atoms with Crippen LogP contribution in [-0.2, 0) is 17.9 Å². The van der Waals surface area contributed by atoms with Crippen LogP contribution in [0.5, 0.6) is 0 Å². The second-order valence-electron chi connectivity index (χ2n) is 6.24. The molecule has 4 N–H and O–H groups in total. The standard InChI is InChI=1S/C20H23N5O3.ClH/c1-2-24-16-9-5-6-10-17(16)25(20(24)28)13-18(26)23-15-8-4-3-7-14(15)19(27)22-12-11-21;/h3-10H,2,11-13,21H2,1H3,(H,22,27)(H,23,26);1H. The lowest BCUT2D eigenvalue weighted by atomic mass is 10.1. The minimum Gasteiger partial charge on any atom is -0.351 e. The van der Waals surface area contributed by atoms with E-state index in [1.165, 1.54) is 4.57 Å². The van der Waals surface area contributed by atoms with Crippen molar-refractivity contribution in [2.45, 2.75) is 20.0 Å². The van der Waals surface area contributed by atoms with E-state index in [0.29, 0.717) is 36.4 Å². The van der Waals surface area contributed by atoms with E-state index in [-0.39, 0.29) is 36.5 Å². The Morgan fingerprint density at radius 2 is 1.62 bits per heavy atom. The lowest BCUT2D eigenvalue weighted by Gasteiger charge is -2.11. The van der Waals surface area contributed by atoms with E-state index in [4.69, 9.17) is 5.73 Å². The highest BCUT2D eigenvalue weighted by Crippen LogP contribution is 2.16. The monoisotopic (exact) mass is 417 g/mol. The van der Waals surface area contributed by atoms with Crippen LogP contribution in [0.1, 0.15) is 17.3 Å². The number of aromatic nitrogens is 2. The Morgan fingerprint density at radius 3 is 2.28 bits per heavy atom. The molecule has 0 bridgehead atoms. The van der Waals surface area contributed by atoms with Gasteiger partial charge in [0.15, 0.2) is 0 Å². The van der Waals surface area contributed by atoms with Crippen molar-refractivity contribution >= 4 is 40.9 Å². The zero-order valence-electron chi connectivity index (χ0n) is 16.1. The van der Waals surface area contributed by atoms with Gasteiger partial charge < -0.3 is 16.4 Å². The van der Waals surface area contributed by atoms with Crippen LogP contribution in [0.15, 0.2) is 53.3 Å². The van der Waals surface area contributed by atoms with E-state index in [0.717, 1.165) is 5.52 Å². The summed E-state index contributed by atoms with van der Waals surface area (Å²) in [5.41, 5.74) is 7.37. The SMILES string of the molecule is CCn1c(=O)n(CC(=O)Nc2ccccc2C(=O)NCCN)c2ccccc21.Cl. The van der Waals surface area contributed by atoms with Gasteiger partial charge in [-0.15, -0.1) is 12.4 Å². The fraction of sp³-hybridized carbons (Fsp3) is 0.250. The van der Waals surface area contributed by atoms with E-state index < -0.39 is 0 Å². The molecule has 3 aromatic rings. The third-order valence-corrected chi connectivity index (χ3v) is 4.42. The van der Waals surface area contributed by atoms with Crippen LogP contribution in [0.3, 0.4) is 0 Å². The lowest BCUT2D eigenvalue weighted by Crippen LogP contribution is -2.31. The molecule has 0 aliphatic heterocycles. The Bertz CT molecular complexity index is 1070. The first-order valence-electron chi connectivity index (χ1n) is 9.12. The fourth-order valence-electron chi connectivity index (χ4n) is 3.14. The van der Waals surface area contributed by atoms with Gasteiger partial charge in [0.2, 0.25) is 5.91 Å². The molecule has 1 aromatic heterocycles. The Morgan fingerprint density at radius 1 is 1.00 bits per heavy atom. The summed E-state index contributed by atoms with van der Waals surface area (Å²) < 4.78 is 3.06. The highest BCUT2D eigenvalue weighted by molar-refractivity contribution is 6.03. The number of nitrogens with zero attached hydrogens (tertiary/aromatic N) is 2. The molecule has 1 heterocycles. The van der Waals surface area contributed by atoms with Crippen molar-refractivity contribution in [1.29, 1.82) is 0 Å². The highest BCUT2D eigenvalue weighted by atomic mass is 35.5. The van der Waals surface area contributed by atoms with Gasteiger partial charge in [0.05, 0.1) is 22.3 Å². The predicted octanol–water partition coefficient (Wildman–Crippen LogP) is 1.57. The summed E-state index contributed by atoms with van der Waals surface area (Å²) in [6.07, 6.45) is 0. The smallest absolute Gasteiger partial charge is 0.329 e. The van der Waals surface area contributed by atoms with E-state index in [9.17, 15) is 14.4 Å². The average Bonchev–Trinajstić information content (AvgIpc) is 2.97. The van der Waals surface area contributed by atoms with Crippen molar-refractivity contribution in [1.82, 2.24) is 14.5 Å². The molecule has 0 fully saturated rings. The van der Waals surface area contributed by atoms with E-state index in [2.05, 4.69) is 10.6 Å². The van der Waals surface area contributed by atoms with Crippen LogP contribution in [0.25, 0.3) is 11.0 Å². The lowest BCUT2D eigenvalue weighted by molar-refractivity contribution is -0.116. The summed E-state index contributed by atoms with van der Waals surface area (Å²) in [7, 11) is 0. The van der Waals surface area contributed by atoms with Crippen LogP contribution in [0, 0.1) is 0 Å². The number of para-hydroxylation sites is 3. The molecule has 0 aliphatic rings. The van der Waals surface area contributed by atoms with E-state index in [1.807, 2.05) is 31.2 Å². The Hall–Kier alpha value is -3.10. The van der Waals surface area contributed by atoms with Gasteiger partial charge in [-0.25, -0.2) is 4.79 Å². The summed E-state index contributed by atoms with van der Waals surface area (Å²) in [6, 6.07) is 14.1. The molecule has 154 valence electrons. The molecule has 0 saturated heterocycles. The Labute approximate surface area is 174 Å². The molecular formula is C20H24ClN5O3. The van der Waals surface area contributed by atoms with Crippen molar-refractivity contribution in [3.63, 3.8) is 0 Å². The Kier molecular flexibility index (Phi) is 7.58. The number of hydrogen-bond acceptors (Lipinski definition) is 4. The summed E-state index contributed by atoms with van der Waals surface area (Å²) in [6.45, 7) is 2.91. The van der Waals surface area contributed by atoms with Gasteiger partial charge in [-0.2, -0.15) is 0 Å². The van der Waals surface area contributed by atoms with Crippen LogP contribution in [0.2, 0.25) is 0 Å². The summed E-state index contributed by atoms with van der Waals surface area (Å²) in [5, 5.41) is 5.42. The number of fused-ring (bicyclic) bond motifs is 1. The number of carbonyl (C=O) groups excluding carboxylic acids is 2. The third kappa shape index (κ3) is 4.67. The molecule has 9 heteroatoms. The molecule has 0 aliphatic carbocycles. The molecule has 0 spiro atoms. The molecule has 0 atom stereocenters. The number of rotatable bonds is 7. The quantitative estimate of drug-likeness (QED) is 0.541. The maximum atomic E-state index is 12.7. The van der Waals surface area contributed by atoms with Crippen molar-refractivity contribution < 1.29 is 9.59 Å². The van der Waals surface area contributed by atoms with Crippen LogP contribution >= 0.6 is 12.4 Å². The number of benzene rings is 2. The van der Waals surface area contributed by atoms with Crippen molar-refractivity contribution in [3.8, 4) is 0 Å². The van der Waals surface area contributed by atoms with Crippen molar-refractivity contribution in [3.05, 3.63) is 64.6 Å².